The molecule has 0 radical (unpaired) electrons. The molecular formula is C16H25FN4O. The monoisotopic (exact) mass is 308 g/mol. The van der Waals surface area contributed by atoms with Crippen LogP contribution in [-0.4, -0.2) is 45.9 Å². The quantitative estimate of drug-likeness (QED) is 0.498. The van der Waals surface area contributed by atoms with E-state index < -0.39 is 0 Å². The Balaban J connectivity index is 2.21. The number of nitrogens with one attached hydrogen (secondary N) is 2. The number of rotatable bonds is 5. The van der Waals surface area contributed by atoms with Gasteiger partial charge in [-0.1, -0.05) is 13.3 Å². The van der Waals surface area contributed by atoms with Gasteiger partial charge in [0, 0.05) is 32.7 Å². The molecule has 1 fully saturated rings. The molecule has 0 aliphatic carbocycles. The zero-order chi connectivity index (χ0) is 15.8. The summed E-state index contributed by atoms with van der Waals surface area (Å²) >= 11 is 0. The molecule has 1 aliphatic heterocycles. The second kappa shape index (κ2) is 8.58. The molecule has 2 rings (SSSR count). The fourth-order valence-corrected chi connectivity index (χ4v) is 2.35. The van der Waals surface area contributed by atoms with Crippen molar-refractivity contribution in [3.63, 3.8) is 0 Å². The third kappa shape index (κ3) is 4.59. The SMILES string of the molecule is CCCCN/C(=N\c1cc(F)ccc1N1CCOCC1)NC. The number of ether oxygens (including phenoxy) is 1. The van der Waals surface area contributed by atoms with E-state index in [0.29, 0.717) is 24.9 Å². The van der Waals surface area contributed by atoms with Crippen LogP contribution >= 0.6 is 0 Å². The largest absolute Gasteiger partial charge is 0.378 e. The van der Waals surface area contributed by atoms with Gasteiger partial charge in [0.1, 0.15) is 5.82 Å². The molecule has 122 valence electrons. The van der Waals surface area contributed by atoms with Crippen molar-refractivity contribution >= 4 is 17.3 Å². The Morgan fingerprint density at radius 3 is 2.82 bits per heavy atom. The summed E-state index contributed by atoms with van der Waals surface area (Å²) in [5.74, 6) is 0.383. The third-order valence-electron chi connectivity index (χ3n) is 3.58. The number of halogens is 1. The van der Waals surface area contributed by atoms with Gasteiger partial charge in [-0.05, 0) is 18.6 Å². The van der Waals surface area contributed by atoms with Crippen LogP contribution in [0, 0.1) is 5.82 Å². The van der Waals surface area contributed by atoms with Crippen molar-refractivity contribution in [2.24, 2.45) is 4.99 Å². The average molecular weight is 308 g/mol. The Hall–Kier alpha value is -1.82. The second-order valence-corrected chi connectivity index (χ2v) is 5.22. The van der Waals surface area contributed by atoms with Crippen LogP contribution in [0.1, 0.15) is 19.8 Å². The number of hydrogen-bond acceptors (Lipinski definition) is 3. The van der Waals surface area contributed by atoms with Gasteiger partial charge in [-0.3, -0.25) is 0 Å². The molecule has 1 heterocycles. The molecule has 1 saturated heterocycles. The highest BCUT2D eigenvalue weighted by molar-refractivity contribution is 5.85. The van der Waals surface area contributed by atoms with Gasteiger partial charge >= 0.3 is 0 Å². The smallest absolute Gasteiger partial charge is 0.196 e. The van der Waals surface area contributed by atoms with Crippen molar-refractivity contribution in [3.8, 4) is 0 Å². The lowest BCUT2D eigenvalue weighted by atomic mass is 10.2. The Bertz CT molecular complexity index is 501. The summed E-state index contributed by atoms with van der Waals surface area (Å²) in [7, 11) is 1.81. The zero-order valence-corrected chi connectivity index (χ0v) is 13.4. The predicted octanol–water partition coefficient (Wildman–Crippen LogP) is 2.26. The van der Waals surface area contributed by atoms with Crippen molar-refractivity contribution in [1.82, 2.24) is 10.6 Å². The van der Waals surface area contributed by atoms with E-state index in [1.807, 2.05) is 7.05 Å². The Kier molecular flexibility index (Phi) is 6.45. The molecule has 0 bridgehead atoms. The fourth-order valence-electron chi connectivity index (χ4n) is 2.35. The summed E-state index contributed by atoms with van der Waals surface area (Å²) in [6, 6.07) is 4.75. The maximum atomic E-state index is 13.6. The van der Waals surface area contributed by atoms with Gasteiger partial charge in [-0.25, -0.2) is 9.38 Å². The molecule has 0 atom stereocenters. The van der Waals surface area contributed by atoms with E-state index in [2.05, 4.69) is 27.4 Å². The number of anilines is 1. The minimum atomic E-state index is -0.278. The number of unbranched alkanes of at least 4 members (excludes halogenated alkanes) is 1. The molecule has 22 heavy (non-hydrogen) atoms. The first kappa shape index (κ1) is 16.5. The van der Waals surface area contributed by atoms with Crippen LogP contribution in [-0.2, 0) is 4.74 Å². The zero-order valence-electron chi connectivity index (χ0n) is 13.4. The van der Waals surface area contributed by atoms with Crippen molar-refractivity contribution in [3.05, 3.63) is 24.0 Å². The summed E-state index contributed by atoms with van der Waals surface area (Å²) in [5.41, 5.74) is 1.57. The minimum absolute atomic E-state index is 0.278. The molecule has 0 saturated carbocycles. The third-order valence-corrected chi connectivity index (χ3v) is 3.58. The molecule has 0 unspecified atom stereocenters. The standard InChI is InChI=1S/C16H25FN4O/c1-3-4-7-19-16(18-2)20-14-12-13(17)5-6-15(14)21-8-10-22-11-9-21/h5-6,12H,3-4,7-11H2,1-2H3,(H2,18,19,20). The molecule has 6 heteroatoms. The summed E-state index contributed by atoms with van der Waals surface area (Å²) < 4.78 is 19.0. The molecule has 0 aromatic heterocycles. The average Bonchev–Trinajstić information content (AvgIpc) is 2.55. The first-order chi connectivity index (χ1) is 10.7. The number of guanidine groups is 1. The maximum Gasteiger partial charge on any atom is 0.196 e. The highest BCUT2D eigenvalue weighted by Gasteiger charge is 2.15. The van der Waals surface area contributed by atoms with Gasteiger partial charge < -0.3 is 20.3 Å². The lowest BCUT2D eigenvalue weighted by Crippen LogP contribution is -2.37. The summed E-state index contributed by atoms with van der Waals surface area (Å²) in [5, 5.41) is 6.27. The first-order valence-corrected chi connectivity index (χ1v) is 7.87. The van der Waals surface area contributed by atoms with Gasteiger partial charge in [0.2, 0.25) is 0 Å². The highest BCUT2D eigenvalue weighted by Crippen LogP contribution is 2.30. The Morgan fingerprint density at radius 2 is 2.14 bits per heavy atom. The van der Waals surface area contributed by atoms with E-state index in [9.17, 15) is 4.39 Å². The number of morpholine rings is 1. The lowest BCUT2D eigenvalue weighted by Gasteiger charge is -2.29. The predicted molar refractivity (Wildman–Crippen MR) is 88.5 cm³/mol. The number of hydrogen-bond donors (Lipinski definition) is 2. The highest BCUT2D eigenvalue weighted by atomic mass is 19.1. The fraction of sp³-hybridized carbons (Fsp3) is 0.562. The van der Waals surface area contributed by atoms with Crippen molar-refractivity contribution in [1.29, 1.82) is 0 Å². The lowest BCUT2D eigenvalue weighted by molar-refractivity contribution is 0.123. The van der Waals surface area contributed by atoms with Gasteiger partial charge in [0.15, 0.2) is 5.96 Å². The van der Waals surface area contributed by atoms with Crippen LogP contribution in [0.25, 0.3) is 0 Å². The van der Waals surface area contributed by atoms with Crippen LogP contribution in [0.3, 0.4) is 0 Å². The van der Waals surface area contributed by atoms with Crippen molar-refractivity contribution in [2.75, 3.05) is 44.8 Å². The number of benzene rings is 1. The second-order valence-electron chi connectivity index (χ2n) is 5.22. The van der Waals surface area contributed by atoms with E-state index in [1.54, 1.807) is 6.07 Å². The van der Waals surface area contributed by atoms with Gasteiger partial charge in [-0.2, -0.15) is 0 Å². The Morgan fingerprint density at radius 1 is 1.36 bits per heavy atom. The first-order valence-electron chi connectivity index (χ1n) is 7.87. The van der Waals surface area contributed by atoms with Crippen LogP contribution < -0.4 is 15.5 Å². The van der Waals surface area contributed by atoms with Crippen LogP contribution in [0.2, 0.25) is 0 Å². The van der Waals surface area contributed by atoms with E-state index in [0.717, 1.165) is 38.2 Å². The molecular weight excluding hydrogens is 283 g/mol. The summed E-state index contributed by atoms with van der Waals surface area (Å²) in [6.07, 6.45) is 2.18. The molecule has 0 amide bonds. The summed E-state index contributed by atoms with van der Waals surface area (Å²) in [4.78, 5) is 6.74. The molecule has 2 N–H and O–H groups in total. The molecule has 5 nitrogen and oxygen atoms in total. The molecule has 1 aliphatic rings. The molecule has 1 aromatic rings. The minimum Gasteiger partial charge on any atom is -0.378 e. The van der Waals surface area contributed by atoms with Gasteiger partial charge in [0.25, 0.3) is 0 Å². The van der Waals surface area contributed by atoms with Crippen LogP contribution in [0.15, 0.2) is 23.2 Å². The van der Waals surface area contributed by atoms with E-state index in [1.165, 1.54) is 12.1 Å². The van der Waals surface area contributed by atoms with Gasteiger partial charge in [0.05, 0.1) is 24.6 Å². The molecule has 1 aromatic carbocycles. The van der Waals surface area contributed by atoms with E-state index in [4.69, 9.17) is 4.74 Å². The maximum absolute atomic E-state index is 13.6. The number of aliphatic imine (C=N–C) groups is 1. The van der Waals surface area contributed by atoms with Crippen LogP contribution in [0.4, 0.5) is 15.8 Å². The van der Waals surface area contributed by atoms with Gasteiger partial charge in [-0.15, -0.1) is 0 Å². The van der Waals surface area contributed by atoms with Crippen molar-refractivity contribution < 1.29 is 9.13 Å². The van der Waals surface area contributed by atoms with E-state index in [-0.39, 0.29) is 5.82 Å². The topological polar surface area (TPSA) is 48.9 Å². The van der Waals surface area contributed by atoms with Crippen LogP contribution in [0.5, 0.6) is 0 Å². The normalized spacial score (nSPS) is 15.8. The summed E-state index contributed by atoms with van der Waals surface area (Å²) in [6.45, 7) is 5.96. The molecule has 0 spiro atoms. The number of nitrogens with zero attached hydrogens (tertiary/aromatic N) is 2. The van der Waals surface area contributed by atoms with Crippen molar-refractivity contribution in [2.45, 2.75) is 19.8 Å². The Labute approximate surface area is 131 Å². The van der Waals surface area contributed by atoms with E-state index >= 15 is 0 Å².